The van der Waals surface area contributed by atoms with Crippen LogP contribution >= 0.6 is 0 Å². The lowest BCUT2D eigenvalue weighted by Crippen LogP contribution is -2.37. The van der Waals surface area contributed by atoms with Crippen molar-refractivity contribution in [3.05, 3.63) is 53.3 Å². The first-order chi connectivity index (χ1) is 10.6. The number of hydrogen-bond donors (Lipinski definition) is 1. The van der Waals surface area contributed by atoms with Gasteiger partial charge in [0, 0.05) is 19.2 Å². The number of nitrogens with one attached hydrogen (secondary N) is 1. The molecule has 22 heavy (non-hydrogen) atoms. The van der Waals surface area contributed by atoms with Gasteiger partial charge < -0.3 is 9.42 Å². The third kappa shape index (κ3) is 3.19. The molecular formula is C17H19N3O2. The summed E-state index contributed by atoms with van der Waals surface area (Å²) in [5, 5.41) is 6.52. The number of benzene rings is 1. The number of amides is 2. The molecule has 0 saturated heterocycles. The van der Waals surface area contributed by atoms with Gasteiger partial charge in [0.15, 0.2) is 5.82 Å². The Balaban J connectivity index is 1.62. The fourth-order valence-corrected chi connectivity index (χ4v) is 2.50. The van der Waals surface area contributed by atoms with Crippen molar-refractivity contribution in [2.45, 2.75) is 20.3 Å². The van der Waals surface area contributed by atoms with Crippen molar-refractivity contribution in [1.82, 2.24) is 10.1 Å². The molecule has 3 rings (SSSR count). The average Bonchev–Trinajstić information content (AvgIpc) is 2.93. The van der Waals surface area contributed by atoms with Gasteiger partial charge in [-0.05, 0) is 31.4 Å². The highest BCUT2D eigenvalue weighted by atomic mass is 16.5. The topological polar surface area (TPSA) is 58.4 Å². The number of carbonyl (C=O) groups excluding carboxylic acids is 1. The Morgan fingerprint density at radius 2 is 2.05 bits per heavy atom. The smallest absolute Gasteiger partial charge is 0.323 e. The summed E-state index contributed by atoms with van der Waals surface area (Å²) in [5.74, 6) is 1.13. The Labute approximate surface area is 129 Å². The zero-order valence-electron chi connectivity index (χ0n) is 12.8. The molecule has 1 aliphatic heterocycles. The number of hydrogen-bond acceptors (Lipinski definition) is 3. The molecule has 2 heterocycles. The molecule has 1 N–H and O–H groups in total. The molecule has 2 amide bonds. The van der Waals surface area contributed by atoms with Crippen LogP contribution in [-0.4, -0.2) is 29.2 Å². The molecule has 0 bridgehead atoms. The molecule has 114 valence electrons. The van der Waals surface area contributed by atoms with Gasteiger partial charge in [0.2, 0.25) is 0 Å². The number of aryl methyl sites for hydroxylation is 2. The lowest BCUT2D eigenvalue weighted by molar-refractivity contribution is 0.216. The zero-order valence-corrected chi connectivity index (χ0v) is 12.8. The summed E-state index contributed by atoms with van der Waals surface area (Å²) in [6, 6.07) is 10.1. The summed E-state index contributed by atoms with van der Waals surface area (Å²) >= 11 is 0. The number of urea groups is 1. The van der Waals surface area contributed by atoms with Crippen LogP contribution in [0.1, 0.15) is 23.3 Å². The van der Waals surface area contributed by atoms with E-state index in [1.165, 1.54) is 16.7 Å². The summed E-state index contributed by atoms with van der Waals surface area (Å²) in [6.07, 6.45) is 2.97. The van der Waals surface area contributed by atoms with Crippen molar-refractivity contribution in [3.8, 4) is 0 Å². The van der Waals surface area contributed by atoms with Gasteiger partial charge in [-0.3, -0.25) is 5.32 Å². The highest BCUT2D eigenvalue weighted by Gasteiger charge is 2.18. The first kappa shape index (κ1) is 14.4. The van der Waals surface area contributed by atoms with E-state index in [0.29, 0.717) is 24.7 Å². The van der Waals surface area contributed by atoms with Crippen LogP contribution in [0.5, 0.6) is 0 Å². The molecule has 0 unspecified atom stereocenters. The molecule has 2 aromatic rings. The summed E-state index contributed by atoms with van der Waals surface area (Å²) in [6.45, 7) is 5.17. The quantitative estimate of drug-likeness (QED) is 0.921. The molecule has 5 nitrogen and oxygen atoms in total. The van der Waals surface area contributed by atoms with Crippen LogP contribution < -0.4 is 5.32 Å². The van der Waals surface area contributed by atoms with Crippen LogP contribution in [0.15, 0.2) is 40.9 Å². The van der Waals surface area contributed by atoms with E-state index in [1.807, 2.05) is 0 Å². The molecule has 1 aliphatic rings. The first-order valence-corrected chi connectivity index (χ1v) is 7.37. The van der Waals surface area contributed by atoms with Crippen LogP contribution in [-0.2, 0) is 0 Å². The lowest BCUT2D eigenvalue weighted by Gasteiger charge is -2.26. The maximum atomic E-state index is 12.2. The Morgan fingerprint density at radius 1 is 1.27 bits per heavy atom. The monoisotopic (exact) mass is 297 g/mol. The standard InChI is InChI=1S/C17H19N3O2/c1-12-3-5-14(6-4-12)15-7-9-20(10-8-15)17(21)18-16-11-13(2)22-19-16/h3-7,11H,8-10H2,1-2H3,(H,18,19,21). The molecule has 0 fully saturated rings. The molecule has 5 heteroatoms. The number of rotatable bonds is 2. The minimum Gasteiger partial charge on any atom is -0.360 e. The van der Waals surface area contributed by atoms with Gasteiger partial charge in [-0.1, -0.05) is 41.1 Å². The second-order valence-corrected chi connectivity index (χ2v) is 5.54. The third-order valence-corrected chi connectivity index (χ3v) is 3.78. The van der Waals surface area contributed by atoms with Gasteiger partial charge >= 0.3 is 6.03 Å². The second-order valence-electron chi connectivity index (χ2n) is 5.54. The molecule has 0 spiro atoms. The van der Waals surface area contributed by atoms with Gasteiger partial charge in [0.05, 0.1) is 0 Å². The molecule has 1 aromatic heterocycles. The lowest BCUT2D eigenvalue weighted by atomic mass is 9.99. The molecule has 0 radical (unpaired) electrons. The fraction of sp³-hybridized carbons (Fsp3) is 0.294. The van der Waals surface area contributed by atoms with E-state index >= 15 is 0 Å². The van der Waals surface area contributed by atoms with Crippen LogP contribution in [0.2, 0.25) is 0 Å². The first-order valence-electron chi connectivity index (χ1n) is 7.37. The predicted molar refractivity (Wildman–Crippen MR) is 85.6 cm³/mol. The molecule has 1 aromatic carbocycles. The molecule has 0 atom stereocenters. The Hall–Kier alpha value is -2.56. The maximum Gasteiger partial charge on any atom is 0.323 e. The Morgan fingerprint density at radius 3 is 2.64 bits per heavy atom. The summed E-state index contributed by atoms with van der Waals surface area (Å²) < 4.78 is 4.94. The van der Waals surface area contributed by atoms with E-state index in [2.05, 4.69) is 47.7 Å². The SMILES string of the molecule is Cc1ccc(C2=CCN(C(=O)Nc3cc(C)on3)CC2)cc1. The highest BCUT2D eigenvalue weighted by Crippen LogP contribution is 2.23. The summed E-state index contributed by atoms with van der Waals surface area (Å²) in [7, 11) is 0. The predicted octanol–water partition coefficient (Wildman–Crippen LogP) is 3.61. The van der Waals surface area contributed by atoms with Crippen LogP contribution in [0.25, 0.3) is 5.57 Å². The van der Waals surface area contributed by atoms with E-state index < -0.39 is 0 Å². The number of carbonyl (C=O) groups is 1. The molecule has 0 saturated carbocycles. The highest BCUT2D eigenvalue weighted by molar-refractivity contribution is 5.89. The zero-order chi connectivity index (χ0) is 15.5. The van der Waals surface area contributed by atoms with Crippen molar-refractivity contribution in [3.63, 3.8) is 0 Å². The van der Waals surface area contributed by atoms with Crippen LogP contribution in [0.4, 0.5) is 10.6 Å². The fourth-order valence-electron chi connectivity index (χ4n) is 2.50. The Bertz CT molecular complexity index is 701. The minimum atomic E-state index is -0.146. The van der Waals surface area contributed by atoms with E-state index in [0.717, 1.165) is 6.42 Å². The van der Waals surface area contributed by atoms with Crippen molar-refractivity contribution in [1.29, 1.82) is 0 Å². The summed E-state index contributed by atoms with van der Waals surface area (Å²) in [4.78, 5) is 13.9. The van der Waals surface area contributed by atoms with E-state index in [-0.39, 0.29) is 6.03 Å². The van der Waals surface area contributed by atoms with Crippen LogP contribution in [0, 0.1) is 13.8 Å². The molecular weight excluding hydrogens is 278 g/mol. The van der Waals surface area contributed by atoms with Gasteiger partial charge in [-0.2, -0.15) is 0 Å². The van der Waals surface area contributed by atoms with Gasteiger partial charge in [0.25, 0.3) is 0 Å². The minimum absolute atomic E-state index is 0.146. The third-order valence-electron chi connectivity index (χ3n) is 3.78. The van der Waals surface area contributed by atoms with E-state index in [4.69, 9.17) is 4.52 Å². The molecule has 0 aliphatic carbocycles. The average molecular weight is 297 g/mol. The second kappa shape index (κ2) is 6.05. The maximum absolute atomic E-state index is 12.2. The van der Waals surface area contributed by atoms with Crippen LogP contribution in [0.3, 0.4) is 0 Å². The van der Waals surface area contributed by atoms with E-state index in [9.17, 15) is 4.79 Å². The van der Waals surface area contributed by atoms with E-state index in [1.54, 1.807) is 17.9 Å². The van der Waals surface area contributed by atoms with Crippen molar-refractivity contribution < 1.29 is 9.32 Å². The van der Waals surface area contributed by atoms with Crippen molar-refractivity contribution >= 4 is 17.4 Å². The number of nitrogens with zero attached hydrogens (tertiary/aromatic N) is 2. The van der Waals surface area contributed by atoms with Gasteiger partial charge in [0.1, 0.15) is 5.76 Å². The number of anilines is 1. The Kier molecular flexibility index (Phi) is 3.96. The van der Waals surface area contributed by atoms with Crippen molar-refractivity contribution in [2.75, 3.05) is 18.4 Å². The van der Waals surface area contributed by atoms with Gasteiger partial charge in [-0.15, -0.1) is 0 Å². The van der Waals surface area contributed by atoms with Crippen molar-refractivity contribution in [2.24, 2.45) is 0 Å². The van der Waals surface area contributed by atoms with Gasteiger partial charge in [-0.25, -0.2) is 4.79 Å². The summed E-state index contributed by atoms with van der Waals surface area (Å²) in [5.41, 5.74) is 3.78. The normalized spacial score (nSPS) is 14.6. The number of aromatic nitrogens is 1. The largest absolute Gasteiger partial charge is 0.360 e.